The first-order chi connectivity index (χ1) is 7.13. The maximum Gasteiger partial charge on any atom is 0.0510 e. The van der Waals surface area contributed by atoms with Gasteiger partial charge < -0.3 is 10.3 Å². The standard InChI is InChI=1S/C13H18N2/c1-9-6-10(2)13-12(7-9)11(4-5-14)8-15(13)3/h6-8H,4-5,14H2,1-3H3. The minimum Gasteiger partial charge on any atom is -0.350 e. The fourth-order valence-electron chi connectivity index (χ4n) is 2.40. The van der Waals surface area contributed by atoms with Gasteiger partial charge in [-0.2, -0.15) is 0 Å². The Balaban J connectivity index is 2.75. The zero-order chi connectivity index (χ0) is 11.0. The number of nitrogens with zero attached hydrogens (tertiary/aromatic N) is 1. The molecular formula is C13H18N2. The van der Waals surface area contributed by atoms with Crippen molar-refractivity contribution in [1.82, 2.24) is 4.57 Å². The molecule has 0 aliphatic rings. The molecule has 0 saturated heterocycles. The van der Waals surface area contributed by atoms with E-state index < -0.39 is 0 Å². The van der Waals surface area contributed by atoms with Crippen LogP contribution < -0.4 is 5.73 Å². The minimum atomic E-state index is 0.714. The van der Waals surface area contributed by atoms with E-state index in [0.29, 0.717) is 6.54 Å². The van der Waals surface area contributed by atoms with Crippen LogP contribution in [-0.4, -0.2) is 11.1 Å². The van der Waals surface area contributed by atoms with Gasteiger partial charge in [0.1, 0.15) is 0 Å². The van der Waals surface area contributed by atoms with Crippen LogP contribution in [-0.2, 0) is 13.5 Å². The van der Waals surface area contributed by atoms with Gasteiger partial charge in [-0.05, 0) is 44.0 Å². The molecule has 0 amide bonds. The second-order valence-corrected chi connectivity index (χ2v) is 4.28. The Kier molecular flexibility index (Phi) is 2.53. The Bertz CT molecular complexity index is 495. The van der Waals surface area contributed by atoms with Gasteiger partial charge in [0.05, 0.1) is 5.52 Å². The predicted octanol–water partition coefficient (Wildman–Crippen LogP) is 2.30. The summed E-state index contributed by atoms with van der Waals surface area (Å²) in [5.41, 5.74) is 11.0. The van der Waals surface area contributed by atoms with E-state index in [4.69, 9.17) is 5.73 Å². The largest absolute Gasteiger partial charge is 0.350 e. The third-order valence-corrected chi connectivity index (χ3v) is 2.91. The van der Waals surface area contributed by atoms with Crippen LogP contribution in [0.5, 0.6) is 0 Å². The van der Waals surface area contributed by atoms with Gasteiger partial charge in [0.15, 0.2) is 0 Å². The zero-order valence-electron chi connectivity index (χ0n) is 9.67. The number of aryl methyl sites for hydroxylation is 3. The van der Waals surface area contributed by atoms with Crippen molar-refractivity contribution < 1.29 is 0 Å². The van der Waals surface area contributed by atoms with Crippen LogP contribution >= 0.6 is 0 Å². The molecule has 0 aliphatic carbocycles. The van der Waals surface area contributed by atoms with Gasteiger partial charge in [-0.1, -0.05) is 11.6 Å². The molecule has 2 aromatic rings. The molecule has 0 radical (unpaired) electrons. The molecule has 1 heterocycles. The molecule has 2 rings (SSSR count). The van der Waals surface area contributed by atoms with Crippen LogP contribution in [0.2, 0.25) is 0 Å². The van der Waals surface area contributed by atoms with Gasteiger partial charge in [0, 0.05) is 18.6 Å². The van der Waals surface area contributed by atoms with Crippen LogP contribution in [0.15, 0.2) is 18.3 Å². The lowest BCUT2D eigenvalue weighted by Gasteiger charge is -2.03. The number of fused-ring (bicyclic) bond motifs is 1. The molecule has 15 heavy (non-hydrogen) atoms. The fraction of sp³-hybridized carbons (Fsp3) is 0.385. The molecule has 0 aliphatic heterocycles. The van der Waals surface area contributed by atoms with Gasteiger partial charge in [-0.3, -0.25) is 0 Å². The summed E-state index contributed by atoms with van der Waals surface area (Å²) in [5, 5.41) is 1.36. The first-order valence-electron chi connectivity index (χ1n) is 5.38. The normalized spacial score (nSPS) is 11.2. The maximum absolute atomic E-state index is 5.63. The molecule has 2 nitrogen and oxygen atoms in total. The Morgan fingerprint density at radius 3 is 2.67 bits per heavy atom. The average Bonchev–Trinajstić information content (AvgIpc) is 2.43. The van der Waals surface area contributed by atoms with Gasteiger partial charge >= 0.3 is 0 Å². The number of benzene rings is 1. The van der Waals surface area contributed by atoms with Gasteiger partial charge in [0.25, 0.3) is 0 Å². The molecule has 0 fully saturated rings. The SMILES string of the molecule is Cc1cc(C)c2c(c1)c(CCN)cn2C. The van der Waals surface area contributed by atoms with E-state index in [1.54, 1.807) is 0 Å². The number of rotatable bonds is 2. The summed E-state index contributed by atoms with van der Waals surface area (Å²) in [4.78, 5) is 0. The lowest BCUT2D eigenvalue weighted by Crippen LogP contribution is -2.01. The second-order valence-electron chi connectivity index (χ2n) is 4.28. The minimum absolute atomic E-state index is 0.714. The van der Waals surface area contributed by atoms with E-state index in [0.717, 1.165) is 6.42 Å². The highest BCUT2D eigenvalue weighted by Gasteiger charge is 2.08. The molecule has 0 bridgehead atoms. The molecular weight excluding hydrogens is 184 g/mol. The van der Waals surface area contributed by atoms with E-state index in [1.807, 2.05) is 0 Å². The number of nitrogens with two attached hydrogens (primary N) is 1. The monoisotopic (exact) mass is 202 g/mol. The summed E-state index contributed by atoms with van der Waals surface area (Å²) >= 11 is 0. The molecule has 0 unspecified atom stereocenters. The molecule has 1 aromatic heterocycles. The van der Waals surface area contributed by atoms with Gasteiger partial charge in [0.2, 0.25) is 0 Å². The predicted molar refractivity (Wildman–Crippen MR) is 65.2 cm³/mol. The van der Waals surface area contributed by atoms with E-state index in [9.17, 15) is 0 Å². The van der Waals surface area contributed by atoms with Gasteiger partial charge in [-0.15, -0.1) is 0 Å². The van der Waals surface area contributed by atoms with E-state index in [2.05, 4.69) is 43.8 Å². The number of hydrogen-bond acceptors (Lipinski definition) is 1. The first kappa shape index (κ1) is 10.2. The number of aromatic nitrogens is 1. The van der Waals surface area contributed by atoms with Crippen molar-refractivity contribution in [3.05, 3.63) is 35.0 Å². The van der Waals surface area contributed by atoms with E-state index in [1.165, 1.54) is 27.6 Å². The molecule has 0 atom stereocenters. The van der Waals surface area contributed by atoms with Crippen molar-refractivity contribution in [2.45, 2.75) is 20.3 Å². The van der Waals surface area contributed by atoms with Crippen LogP contribution in [0.25, 0.3) is 10.9 Å². The molecule has 0 saturated carbocycles. The third-order valence-electron chi connectivity index (χ3n) is 2.91. The Morgan fingerprint density at radius 1 is 1.27 bits per heavy atom. The van der Waals surface area contributed by atoms with Crippen molar-refractivity contribution in [3.63, 3.8) is 0 Å². The van der Waals surface area contributed by atoms with Crippen LogP contribution in [0.1, 0.15) is 16.7 Å². The van der Waals surface area contributed by atoms with Crippen molar-refractivity contribution in [2.75, 3.05) is 6.54 Å². The molecule has 2 heteroatoms. The van der Waals surface area contributed by atoms with Crippen molar-refractivity contribution in [1.29, 1.82) is 0 Å². The van der Waals surface area contributed by atoms with E-state index >= 15 is 0 Å². The summed E-state index contributed by atoms with van der Waals surface area (Å²) in [7, 11) is 2.10. The topological polar surface area (TPSA) is 30.9 Å². The second kappa shape index (κ2) is 3.70. The first-order valence-corrected chi connectivity index (χ1v) is 5.38. The zero-order valence-corrected chi connectivity index (χ0v) is 9.67. The fourth-order valence-corrected chi connectivity index (χ4v) is 2.40. The number of hydrogen-bond donors (Lipinski definition) is 1. The molecule has 80 valence electrons. The molecule has 0 spiro atoms. The lowest BCUT2D eigenvalue weighted by molar-refractivity contribution is 0.927. The van der Waals surface area contributed by atoms with Gasteiger partial charge in [-0.25, -0.2) is 0 Å². The molecule has 2 N–H and O–H groups in total. The highest BCUT2D eigenvalue weighted by Crippen LogP contribution is 2.25. The summed E-state index contributed by atoms with van der Waals surface area (Å²) in [6.45, 7) is 5.03. The maximum atomic E-state index is 5.63. The van der Waals surface area contributed by atoms with Crippen LogP contribution in [0.4, 0.5) is 0 Å². The third kappa shape index (κ3) is 1.65. The van der Waals surface area contributed by atoms with Crippen molar-refractivity contribution in [2.24, 2.45) is 12.8 Å². The summed E-state index contributed by atoms with van der Waals surface area (Å²) in [5.74, 6) is 0. The van der Waals surface area contributed by atoms with Crippen LogP contribution in [0.3, 0.4) is 0 Å². The van der Waals surface area contributed by atoms with Crippen molar-refractivity contribution in [3.8, 4) is 0 Å². The smallest absolute Gasteiger partial charge is 0.0510 e. The highest BCUT2D eigenvalue weighted by molar-refractivity contribution is 5.87. The Labute approximate surface area is 90.7 Å². The van der Waals surface area contributed by atoms with Crippen molar-refractivity contribution >= 4 is 10.9 Å². The summed E-state index contributed by atoms with van der Waals surface area (Å²) in [6.07, 6.45) is 3.16. The lowest BCUT2D eigenvalue weighted by atomic mass is 10.0. The van der Waals surface area contributed by atoms with E-state index in [-0.39, 0.29) is 0 Å². The average molecular weight is 202 g/mol. The Morgan fingerprint density at radius 2 is 2.00 bits per heavy atom. The van der Waals surface area contributed by atoms with Crippen LogP contribution in [0, 0.1) is 13.8 Å². The molecule has 1 aromatic carbocycles. The Hall–Kier alpha value is -1.28. The highest BCUT2D eigenvalue weighted by atomic mass is 14.9. The summed E-state index contributed by atoms with van der Waals surface area (Å²) in [6, 6.07) is 4.49. The summed E-state index contributed by atoms with van der Waals surface area (Å²) < 4.78 is 2.20. The quantitative estimate of drug-likeness (QED) is 0.796.